The molecule has 3 aromatic carbocycles. The largest absolute Gasteiger partial charge is 0.488 e. The van der Waals surface area contributed by atoms with Crippen LogP contribution in [0.25, 0.3) is 5.57 Å². The number of rotatable bonds is 17. The zero-order valence-electron chi connectivity index (χ0n) is 28.6. The van der Waals surface area contributed by atoms with E-state index in [9.17, 15) is 32.9 Å². The zero-order valence-corrected chi connectivity index (χ0v) is 28.6. The van der Waals surface area contributed by atoms with E-state index in [2.05, 4.69) is 29.1 Å². The number of carbonyl (C=O) groups is 2. The van der Waals surface area contributed by atoms with Gasteiger partial charge in [0.1, 0.15) is 0 Å². The Kier molecular flexibility index (Phi) is 12.9. The molecule has 5 rings (SSSR count). The van der Waals surface area contributed by atoms with E-state index in [4.69, 9.17) is 9.47 Å². The molecule has 2 amide bonds. The van der Waals surface area contributed by atoms with Crippen molar-refractivity contribution in [2.24, 2.45) is 0 Å². The first-order valence-electron chi connectivity index (χ1n) is 17.2. The lowest BCUT2D eigenvalue weighted by Crippen LogP contribution is -2.44. The van der Waals surface area contributed by atoms with Gasteiger partial charge >= 0.3 is 6.09 Å². The summed E-state index contributed by atoms with van der Waals surface area (Å²) in [5, 5.41) is 9.48. The van der Waals surface area contributed by atoms with Crippen molar-refractivity contribution < 1.29 is 42.2 Å². The normalized spacial score (nSPS) is 14.3. The molecule has 0 radical (unpaired) electrons. The van der Waals surface area contributed by atoms with Gasteiger partial charge in [-0.1, -0.05) is 54.1 Å². The molecule has 0 aromatic heterocycles. The number of amides is 2. The molecular formula is C38H42F3N3O7. The first-order valence-corrected chi connectivity index (χ1v) is 17.2. The van der Waals surface area contributed by atoms with E-state index in [1.165, 1.54) is 4.90 Å². The molecule has 2 aliphatic rings. The van der Waals surface area contributed by atoms with Crippen LogP contribution in [-0.4, -0.2) is 72.4 Å². The van der Waals surface area contributed by atoms with Crippen molar-refractivity contribution in [2.75, 3.05) is 39.5 Å². The van der Waals surface area contributed by atoms with Gasteiger partial charge in [0.05, 0.1) is 26.4 Å². The molecule has 1 aliphatic carbocycles. The van der Waals surface area contributed by atoms with Crippen molar-refractivity contribution in [1.82, 2.24) is 9.80 Å². The second kappa shape index (κ2) is 17.7. The van der Waals surface area contributed by atoms with Gasteiger partial charge in [0.15, 0.2) is 17.4 Å². The van der Waals surface area contributed by atoms with Crippen LogP contribution in [0.3, 0.4) is 0 Å². The summed E-state index contributed by atoms with van der Waals surface area (Å²) in [7, 11) is 0. The number of ether oxygens (including phenoxy) is 2. The molecule has 0 atom stereocenters. The van der Waals surface area contributed by atoms with Crippen LogP contribution >= 0.6 is 0 Å². The van der Waals surface area contributed by atoms with Crippen LogP contribution in [0.5, 0.6) is 5.75 Å². The fourth-order valence-electron chi connectivity index (χ4n) is 6.01. The lowest BCUT2D eigenvalue weighted by Gasteiger charge is -2.33. The minimum Gasteiger partial charge on any atom is -0.488 e. The summed E-state index contributed by atoms with van der Waals surface area (Å²) in [4.78, 5) is 45.5. The topological polar surface area (TPSA) is 111 Å². The Morgan fingerprint density at radius 2 is 1.55 bits per heavy atom. The Labute approximate surface area is 294 Å². The van der Waals surface area contributed by atoms with E-state index in [0.717, 1.165) is 46.7 Å². The Hall–Kier alpha value is -5.07. The number of aryl methyl sites for hydroxylation is 2. The fraction of sp³-hybridized carbons (Fsp3) is 0.421. The highest BCUT2D eigenvalue weighted by Crippen LogP contribution is 2.34. The van der Waals surface area contributed by atoms with Crippen molar-refractivity contribution in [2.45, 2.75) is 64.3 Å². The van der Waals surface area contributed by atoms with Crippen LogP contribution < -0.4 is 4.74 Å². The molecular weight excluding hydrogens is 667 g/mol. The Morgan fingerprint density at radius 1 is 0.882 bits per heavy atom. The number of nitrogens with zero attached hydrogens (tertiary/aromatic N) is 3. The molecule has 1 aliphatic heterocycles. The van der Waals surface area contributed by atoms with Gasteiger partial charge in [0.25, 0.3) is 11.0 Å². The standard InChI is InChI=1S/C38H42F3N3O7/c1-26-6-8-28(9-7-26)18-21-43(30-14-15-30)37(45)32-25-42(38(46)50-22-2-3-24-51-44(47)48)20-19-31(32)29-12-10-27(11-13-29)5-4-23-49-36-34(40)17-16-33(39)35(36)41/h6-13,16-17,30H,2-5,14-15,18-25H2,1H3. The van der Waals surface area contributed by atoms with Gasteiger partial charge in [-0.05, 0) is 92.7 Å². The maximum atomic E-state index is 14.4. The molecule has 0 bridgehead atoms. The highest BCUT2D eigenvalue weighted by molar-refractivity contribution is 6.03. The van der Waals surface area contributed by atoms with Gasteiger partial charge in [-0.3, -0.25) is 4.79 Å². The third kappa shape index (κ3) is 10.5. The van der Waals surface area contributed by atoms with Crippen LogP contribution in [-0.2, 0) is 27.2 Å². The van der Waals surface area contributed by atoms with Crippen molar-refractivity contribution in [3.05, 3.63) is 116 Å². The predicted octanol–water partition coefficient (Wildman–Crippen LogP) is 7.24. The number of carbonyl (C=O) groups excluding carboxylic acids is 2. The molecule has 13 heteroatoms. The quantitative estimate of drug-likeness (QED) is 0.0629. The molecule has 0 saturated heterocycles. The third-order valence-corrected chi connectivity index (χ3v) is 8.99. The van der Waals surface area contributed by atoms with Gasteiger partial charge in [-0.15, -0.1) is 10.1 Å². The monoisotopic (exact) mass is 709 g/mol. The van der Waals surface area contributed by atoms with Gasteiger partial charge in [-0.25, -0.2) is 13.6 Å². The van der Waals surface area contributed by atoms with Crippen molar-refractivity contribution in [3.8, 4) is 5.75 Å². The Bertz CT molecular complexity index is 1710. The average molecular weight is 710 g/mol. The summed E-state index contributed by atoms with van der Waals surface area (Å²) in [6.45, 7) is 2.97. The van der Waals surface area contributed by atoms with Crippen molar-refractivity contribution in [3.63, 3.8) is 0 Å². The smallest absolute Gasteiger partial charge is 0.410 e. The SMILES string of the molecule is Cc1ccc(CCN(C(=O)C2=C(c3ccc(CCCOc4c(F)ccc(F)c4F)cc3)CCN(C(=O)OCCCCO[N+](=O)[O-])C2)C2CC2)cc1. The number of benzene rings is 3. The second-order valence-electron chi connectivity index (χ2n) is 12.8. The second-order valence-corrected chi connectivity index (χ2v) is 12.8. The van der Waals surface area contributed by atoms with Crippen LogP contribution in [0, 0.1) is 34.5 Å². The van der Waals surface area contributed by atoms with Crippen LogP contribution in [0.4, 0.5) is 18.0 Å². The fourth-order valence-corrected chi connectivity index (χ4v) is 6.01. The number of hydrogen-bond acceptors (Lipinski definition) is 7. The minimum absolute atomic E-state index is 0.0129. The van der Waals surface area contributed by atoms with E-state index in [-0.39, 0.29) is 38.3 Å². The van der Waals surface area contributed by atoms with Crippen LogP contribution in [0.1, 0.15) is 60.8 Å². The van der Waals surface area contributed by atoms with E-state index < -0.39 is 34.4 Å². The van der Waals surface area contributed by atoms with Gasteiger partial charge in [0, 0.05) is 24.7 Å². The number of halogens is 3. The predicted molar refractivity (Wildman–Crippen MR) is 183 cm³/mol. The summed E-state index contributed by atoms with van der Waals surface area (Å²) in [5.74, 6) is -4.33. The van der Waals surface area contributed by atoms with Crippen LogP contribution in [0.15, 0.2) is 66.2 Å². The molecule has 0 N–H and O–H groups in total. The van der Waals surface area contributed by atoms with Crippen molar-refractivity contribution >= 4 is 17.6 Å². The van der Waals surface area contributed by atoms with E-state index in [1.807, 2.05) is 36.1 Å². The Morgan fingerprint density at radius 3 is 2.25 bits per heavy atom. The molecule has 1 fully saturated rings. The molecule has 272 valence electrons. The van der Waals surface area contributed by atoms with E-state index in [0.29, 0.717) is 63.3 Å². The first kappa shape index (κ1) is 37.2. The third-order valence-electron chi connectivity index (χ3n) is 8.99. The molecule has 1 saturated carbocycles. The number of hydrogen-bond donors (Lipinski definition) is 0. The lowest BCUT2D eigenvalue weighted by molar-refractivity contribution is -0.757. The summed E-state index contributed by atoms with van der Waals surface area (Å²) in [6, 6.07) is 17.6. The van der Waals surface area contributed by atoms with Gasteiger partial charge < -0.3 is 24.1 Å². The summed E-state index contributed by atoms with van der Waals surface area (Å²) < 4.78 is 51.9. The summed E-state index contributed by atoms with van der Waals surface area (Å²) in [6.07, 6.45) is 4.14. The van der Waals surface area contributed by atoms with Gasteiger partial charge in [0.2, 0.25) is 5.82 Å². The first-order chi connectivity index (χ1) is 24.6. The maximum absolute atomic E-state index is 14.4. The number of unbranched alkanes of at least 4 members (excludes halogenated alkanes) is 1. The average Bonchev–Trinajstić information content (AvgIpc) is 3.97. The molecule has 51 heavy (non-hydrogen) atoms. The lowest BCUT2D eigenvalue weighted by atomic mass is 9.91. The minimum atomic E-state index is -1.35. The summed E-state index contributed by atoms with van der Waals surface area (Å²) >= 11 is 0. The Balaban J connectivity index is 1.27. The molecule has 10 nitrogen and oxygen atoms in total. The highest BCUT2D eigenvalue weighted by atomic mass is 19.2. The molecule has 1 heterocycles. The highest BCUT2D eigenvalue weighted by Gasteiger charge is 2.37. The van der Waals surface area contributed by atoms with Gasteiger partial charge in [-0.2, -0.15) is 4.39 Å². The zero-order chi connectivity index (χ0) is 36.3. The van der Waals surface area contributed by atoms with E-state index in [1.54, 1.807) is 0 Å². The summed E-state index contributed by atoms with van der Waals surface area (Å²) in [5.41, 5.74) is 5.49. The maximum Gasteiger partial charge on any atom is 0.410 e. The molecule has 3 aromatic rings. The molecule has 0 unspecified atom stereocenters. The van der Waals surface area contributed by atoms with E-state index >= 15 is 0 Å². The van der Waals surface area contributed by atoms with Crippen LogP contribution in [0.2, 0.25) is 0 Å². The van der Waals surface area contributed by atoms with Crippen molar-refractivity contribution in [1.29, 1.82) is 0 Å². The molecule has 0 spiro atoms.